The number of rotatable bonds is 4. The molecule has 0 atom stereocenters. The van der Waals surface area contributed by atoms with E-state index in [1.807, 2.05) is 12.1 Å². The van der Waals surface area contributed by atoms with Crippen LogP contribution in [-0.2, 0) is 6.42 Å². The van der Waals surface area contributed by atoms with E-state index in [4.69, 9.17) is 5.11 Å². The van der Waals surface area contributed by atoms with E-state index in [0.717, 1.165) is 21.1 Å². The van der Waals surface area contributed by atoms with Crippen molar-refractivity contribution in [2.75, 3.05) is 6.54 Å². The molecule has 0 radical (unpaired) electrons. The molecule has 1 aromatic carbocycles. The van der Waals surface area contributed by atoms with Crippen molar-refractivity contribution in [2.24, 2.45) is 0 Å². The number of aromatic nitrogens is 1. The topological polar surface area (TPSA) is 65.1 Å². The SMILES string of the molecule is O=C(NCCc1ccc(O)cc1)c1cc(Br)c(Br)[nH]1. The monoisotopic (exact) mass is 386 g/mol. The Morgan fingerprint density at radius 1 is 1.26 bits per heavy atom. The molecule has 0 aliphatic carbocycles. The first-order chi connectivity index (χ1) is 9.06. The van der Waals surface area contributed by atoms with Crippen LogP contribution in [0.3, 0.4) is 0 Å². The van der Waals surface area contributed by atoms with E-state index < -0.39 is 0 Å². The van der Waals surface area contributed by atoms with E-state index in [1.54, 1.807) is 18.2 Å². The summed E-state index contributed by atoms with van der Waals surface area (Å²) in [5.74, 6) is 0.0963. The molecule has 1 amide bonds. The Morgan fingerprint density at radius 2 is 1.95 bits per heavy atom. The average Bonchev–Trinajstić information content (AvgIpc) is 2.72. The maximum absolute atomic E-state index is 11.8. The lowest BCUT2D eigenvalue weighted by Crippen LogP contribution is -2.25. The molecule has 0 bridgehead atoms. The van der Waals surface area contributed by atoms with Crippen LogP contribution in [0.25, 0.3) is 0 Å². The largest absolute Gasteiger partial charge is 0.508 e. The summed E-state index contributed by atoms with van der Waals surface area (Å²) in [5, 5.41) is 12.0. The van der Waals surface area contributed by atoms with Crippen molar-refractivity contribution in [3.05, 3.63) is 50.7 Å². The molecule has 0 fully saturated rings. The minimum absolute atomic E-state index is 0.148. The molecule has 1 aromatic heterocycles. The summed E-state index contributed by atoms with van der Waals surface area (Å²) in [4.78, 5) is 14.8. The summed E-state index contributed by atoms with van der Waals surface area (Å²) in [5.41, 5.74) is 1.57. The molecule has 2 aromatic rings. The highest BCUT2D eigenvalue weighted by Gasteiger charge is 2.10. The minimum atomic E-state index is -0.148. The van der Waals surface area contributed by atoms with E-state index in [2.05, 4.69) is 42.2 Å². The van der Waals surface area contributed by atoms with Crippen LogP contribution in [0, 0.1) is 0 Å². The fourth-order valence-corrected chi connectivity index (χ4v) is 2.26. The van der Waals surface area contributed by atoms with E-state index in [0.29, 0.717) is 12.2 Å². The van der Waals surface area contributed by atoms with Crippen LogP contribution in [0.5, 0.6) is 5.75 Å². The highest BCUT2D eigenvalue weighted by Crippen LogP contribution is 2.22. The van der Waals surface area contributed by atoms with Gasteiger partial charge < -0.3 is 15.4 Å². The van der Waals surface area contributed by atoms with Gasteiger partial charge >= 0.3 is 0 Å². The molecule has 2 rings (SSSR count). The van der Waals surface area contributed by atoms with Crippen LogP contribution in [-0.4, -0.2) is 22.5 Å². The van der Waals surface area contributed by atoms with Gasteiger partial charge in [0, 0.05) is 6.54 Å². The third-order valence-corrected chi connectivity index (χ3v) is 4.39. The van der Waals surface area contributed by atoms with Crippen LogP contribution in [0.15, 0.2) is 39.4 Å². The molecule has 3 N–H and O–H groups in total. The number of H-pyrrole nitrogens is 1. The molecule has 6 heteroatoms. The number of hydrogen-bond acceptors (Lipinski definition) is 2. The van der Waals surface area contributed by atoms with Crippen molar-refractivity contribution in [2.45, 2.75) is 6.42 Å². The number of phenolic OH excluding ortho intramolecular Hbond substituents is 1. The zero-order chi connectivity index (χ0) is 13.8. The van der Waals surface area contributed by atoms with Gasteiger partial charge in [0.1, 0.15) is 11.4 Å². The number of carbonyl (C=O) groups is 1. The zero-order valence-electron chi connectivity index (χ0n) is 9.91. The first-order valence-corrected chi connectivity index (χ1v) is 7.25. The molecular formula is C13H12Br2N2O2. The van der Waals surface area contributed by atoms with E-state index >= 15 is 0 Å². The second kappa shape index (κ2) is 6.25. The number of amides is 1. The molecule has 0 aliphatic rings. The quantitative estimate of drug-likeness (QED) is 0.754. The van der Waals surface area contributed by atoms with Crippen molar-refractivity contribution < 1.29 is 9.90 Å². The van der Waals surface area contributed by atoms with Gasteiger partial charge in [-0.15, -0.1) is 0 Å². The smallest absolute Gasteiger partial charge is 0.267 e. The third-order valence-electron chi connectivity index (χ3n) is 2.61. The fraction of sp³-hybridized carbons (Fsp3) is 0.154. The van der Waals surface area contributed by atoms with Gasteiger partial charge in [-0.1, -0.05) is 12.1 Å². The lowest BCUT2D eigenvalue weighted by Gasteiger charge is -2.04. The summed E-state index contributed by atoms with van der Waals surface area (Å²) in [6, 6.07) is 8.67. The molecule has 0 saturated carbocycles. The van der Waals surface area contributed by atoms with Gasteiger partial charge in [-0.25, -0.2) is 0 Å². The number of benzene rings is 1. The lowest BCUT2D eigenvalue weighted by molar-refractivity contribution is 0.0949. The molecule has 0 aliphatic heterocycles. The number of carbonyl (C=O) groups excluding carboxylic acids is 1. The summed E-state index contributed by atoms with van der Waals surface area (Å²) in [6.45, 7) is 0.540. The molecule has 1 heterocycles. The van der Waals surface area contributed by atoms with E-state index in [1.165, 1.54) is 0 Å². The number of aromatic hydroxyl groups is 1. The van der Waals surface area contributed by atoms with Gasteiger partial charge in [0.05, 0.1) is 9.08 Å². The zero-order valence-corrected chi connectivity index (χ0v) is 13.1. The highest BCUT2D eigenvalue weighted by molar-refractivity contribution is 9.13. The second-order valence-electron chi connectivity index (χ2n) is 4.02. The van der Waals surface area contributed by atoms with Gasteiger partial charge in [-0.3, -0.25) is 4.79 Å². The average molecular weight is 388 g/mol. The maximum atomic E-state index is 11.8. The molecule has 4 nitrogen and oxygen atoms in total. The van der Waals surface area contributed by atoms with Crippen LogP contribution in [0.4, 0.5) is 0 Å². The molecule has 100 valence electrons. The van der Waals surface area contributed by atoms with Crippen molar-refractivity contribution in [1.82, 2.24) is 10.3 Å². The van der Waals surface area contributed by atoms with Gasteiger partial charge in [-0.2, -0.15) is 0 Å². The lowest BCUT2D eigenvalue weighted by atomic mass is 10.1. The van der Waals surface area contributed by atoms with Crippen molar-refractivity contribution >= 4 is 37.8 Å². The first kappa shape index (κ1) is 14.1. The summed E-state index contributed by atoms with van der Waals surface area (Å²) >= 11 is 6.60. The van der Waals surface area contributed by atoms with Crippen LogP contribution >= 0.6 is 31.9 Å². The van der Waals surface area contributed by atoms with Crippen molar-refractivity contribution in [3.63, 3.8) is 0 Å². The maximum Gasteiger partial charge on any atom is 0.267 e. The Morgan fingerprint density at radius 3 is 2.53 bits per heavy atom. The fourth-order valence-electron chi connectivity index (χ4n) is 1.60. The van der Waals surface area contributed by atoms with Gasteiger partial charge in [0.2, 0.25) is 0 Å². The van der Waals surface area contributed by atoms with Crippen molar-refractivity contribution in [3.8, 4) is 5.75 Å². The van der Waals surface area contributed by atoms with Gasteiger partial charge in [0.15, 0.2) is 0 Å². The predicted octanol–water partition coefficient (Wildman–Crippen LogP) is 3.22. The van der Waals surface area contributed by atoms with Crippen LogP contribution in [0.2, 0.25) is 0 Å². The van der Waals surface area contributed by atoms with Gasteiger partial charge in [0.25, 0.3) is 5.91 Å². The van der Waals surface area contributed by atoms with Gasteiger partial charge in [-0.05, 0) is 62.0 Å². The predicted molar refractivity (Wildman–Crippen MR) is 80.3 cm³/mol. The number of aromatic amines is 1. The van der Waals surface area contributed by atoms with Crippen molar-refractivity contribution in [1.29, 1.82) is 0 Å². The second-order valence-corrected chi connectivity index (χ2v) is 5.66. The van der Waals surface area contributed by atoms with E-state index in [-0.39, 0.29) is 11.7 Å². The molecule has 0 unspecified atom stereocenters. The van der Waals surface area contributed by atoms with E-state index in [9.17, 15) is 4.79 Å². The first-order valence-electron chi connectivity index (χ1n) is 5.66. The Balaban J connectivity index is 1.85. The number of hydrogen-bond donors (Lipinski definition) is 3. The van der Waals surface area contributed by atoms with Crippen LogP contribution in [0.1, 0.15) is 16.1 Å². The summed E-state index contributed by atoms with van der Waals surface area (Å²) in [6.07, 6.45) is 0.717. The normalized spacial score (nSPS) is 10.4. The number of halogens is 2. The molecule has 0 spiro atoms. The Labute approximate surface area is 127 Å². The highest BCUT2D eigenvalue weighted by atomic mass is 79.9. The summed E-state index contributed by atoms with van der Waals surface area (Å²) in [7, 11) is 0. The summed E-state index contributed by atoms with van der Waals surface area (Å²) < 4.78 is 1.56. The third kappa shape index (κ3) is 3.84. The Bertz CT molecular complexity index is 559. The van der Waals surface area contributed by atoms with Crippen LogP contribution < -0.4 is 5.32 Å². The Hall–Kier alpha value is -1.27. The number of phenols is 1. The molecule has 0 saturated heterocycles. The molecule has 19 heavy (non-hydrogen) atoms. The molecular weight excluding hydrogens is 376 g/mol. The number of nitrogens with one attached hydrogen (secondary N) is 2. The minimum Gasteiger partial charge on any atom is -0.508 e. The Kier molecular flexibility index (Phi) is 4.66. The standard InChI is InChI=1S/C13H12Br2N2O2/c14-10-7-11(17-12(10)15)13(19)16-6-5-8-1-3-9(18)4-2-8/h1-4,7,17-18H,5-6H2,(H,16,19).